The van der Waals surface area contributed by atoms with Crippen LogP contribution in [-0.2, 0) is 21.2 Å². The maximum Gasteiger partial charge on any atom is 0.243 e. The van der Waals surface area contributed by atoms with Gasteiger partial charge in [0, 0.05) is 38.4 Å². The van der Waals surface area contributed by atoms with E-state index in [1.54, 1.807) is 0 Å². The number of carbonyl (C=O) groups excluding carboxylic acids is 1. The van der Waals surface area contributed by atoms with Crippen molar-refractivity contribution in [2.75, 3.05) is 44.2 Å². The van der Waals surface area contributed by atoms with Crippen molar-refractivity contribution in [2.45, 2.75) is 17.7 Å². The summed E-state index contributed by atoms with van der Waals surface area (Å²) in [5.74, 6) is -0.532. The van der Waals surface area contributed by atoms with Crippen LogP contribution in [0.1, 0.15) is 12.0 Å². The highest BCUT2D eigenvalue weighted by molar-refractivity contribution is 7.89. The number of hydrogen-bond acceptors (Lipinski definition) is 4. The molecule has 8 heteroatoms. The van der Waals surface area contributed by atoms with Gasteiger partial charge in [0.15, 0.2) is 0 Å². The first-order valence-corrected chi connectivity index (χ1v) is 11.3. The molecule has 0 N–H and O–H groups in total. The summed E-state index contributed by atoms with van der Waals surface area (Å²) in [4.78, 5) is 16.7. The predicted molar refractivity (Wildman–Crippen MR) is 109 cm³/mol. The molecule has 0 spiro atoms. The van der Waals surface area contributed by atoms with E-state index in [0.717, 1.165) is 24.6 Å². The lowest BCUT2D eigenvalue weighted by Gasteiger charge is -2.36. The molecule has 0 radical (unpaired) electrons. The van der Waals surface area contributed by atoms with Gasteiger partial charge in [0.05, 0.1) is 11.4 Å². The van der Waals surface area contributed by atoms with E-state index in [4.69, 9.17) is 0 Å². The fraction of sp³-hybridized carbons (Fsp3) is 0.381. The Bertz CT molecular complexity index is 1000. The monoisotopic (exact) mass is 417 g/mol. The van der Waals surface area contributed by atoms with Gasteiger partial charge in [-0.1, -0.05) is 24.3 Å². The predicted octanol–water partition coefficient (Wildman–Crippen LogP) is 2.11. The summed E-state index contributed by atoms with van der Waals surface area (Å²) in [5.41, 5.74) is 2.18. The van der Waals surface area contributed by atoms with Crippen molar-refractivity contribution in [1.29, 1.82) is 0 Å². The van der Waals surface area contributed by atoms with E-state index >= 15 is 0 Å². The molecule has 1 fully saturated rings. The Morgan fingerprint density at radius 2 is 1.72 bits per heavy atom. The summed E-state index contributed by atoms with van der Waals surface area (Å²) >= 11 is 0. The third kappa shape index (κ3) is 4.19. The van der Waals surface area contributed by atoms with Crippen molar-refractivity contribution >= 4 is 21.6 Å². The number of amides is 1. The van der Waals surface area contributed by atoms with E-state index in [-0.39, 0.29) is 30.4 Å². The Labute approximate surface area is 170 Å². The summed E-state index contributed by atoms with van der Waals surface area (Å²) in [5, 5.41) is 0. The summed E-state index contributed by atoms with van der Waals surface area (Å²) in [6, 6.07) is 13.0. The fourth-order valence-electron chi connectivity index (χ4n) is 3.97. The van der Waals surface area contributed by atoms with E-state index in [1.165, 1.54) is 28.1 Å². The van der Waals surface area contributed by atoms with E-state index in [1.807, 2.05) is 28.0 Å². The van der Waals surface area contributed by atoms with Crippen LogP contribution in [0.25, 0.3) is 0 Å². The number of nitrogens with zero attached hydrogens (tertiary/aromatic N) is 3. The number of halogens is 1. The zero-order chi connectivity index (χ0) is 20.4. The summed E-state index contributed by atoms with van der Waals surface area (Å²) < 4.78 is 40.2. The number of hydrogen-bond donors (Lipinski definition) is 0. The molecule has 2 aromatic carbocycles. The first-order chi connectivity index (χ1) is 13.9. The van der Waals surface area contributed by atoms with Crippen molar-refractivity contribution in [1.82, 2.24) is 9.21 Å². The van der Waals surface area contributed by atoms with Gasteiger partial charge in [-0.25, -0.2) is 12.8 Å². The number of rotatable bonds is 4. The zero-order valence-corrected chi connectivity index (χ0v) is 16.9. The first-order valence-electron chi connectivity index (χ1n) is 9.81. The minimum Gasteiger partial charge on any atom is -0.311 e. The average Bonchev–Trinajstić information content (AvgIpc) is 2.73. The van der Waals surface area contributed by atoms with Crippen molar-refractivity contribution in [3.8, 4) is 0 Å². The molecule has 0 unspecified atom stereocenters. The van der Waals surface area contributed by atoms with Gasteiger partial charge in [0.2, 0.25) is 15.9 Å². The molecule has 6 nitrogen and oxygen atoms in total. The van der Waals surface area contributed by atoms with Crippen LogP contribution in [0, 0.1) is 5.82 Å². The number of anilines is 1. The number of sulfonamides is 1. The fourth-order valence-corrected chi connectivity index (χ4v) is 5.43. The van der Waals surface area contributed by atoms with Gasteiger partial charge < -0.3 is 4.90 Å². The highest BCUT2D eigenvalue weighted by Gasteiger charge is 2.30. The highest BCUT2D eigenvalue weighted by Crippen LogP contribution is 2.27. The van der Waals surface area contributed by atoms with Crippen LogP contribution in [0.2, 0.25) is 0 Å². The molecule has 2 aromatic rings. The van der Waals surface area contributed by atoms with E-state index in [0.29, 0.717) is 19.6 Å². The van der Waals surface area contributed by atoms with Crippen molar-refractivity contribution in [3.05, 3.63) is 59.9 Å². The van der Waals surface area contributed by atoms with Gasteiger partial charge in [-0.2, -0.15) is 4.31 Å². The van der Waals surface area contributed by atoms with E-state index in [9.17, 15) is 17.6 Å². The van der Waals surface area contributed by atoms with Crippen LogP contribution in [0.3, 0.4) is 0 Å². The molecule has 2 aliphatic heterocycles. The average molecular weight is 418 g/mol. The number of fused-ring (bicyclic) bond motifs is 1. The lowest BCUT2D eigenvalue weighted by molar-refractivity contribution is -0.120. The highest BCUT2D eigenvalue weighted by atomic mass is 32.2. The third-order valence-electron chi connectivity index (χ3n) is 5.54. The van der Waals surface area contributed by atoms with Crippen molar-refractivity contribution < 1.29 is 17.6 Å². The van der Waals surface area contributed by atoms with Gasteiger partial charge in [0.25, 0.3) is 0 Å². The SMILES string of the molecule is O=C(CN1CCN(S(=O)(=O)c2cccc(F)c2)CC1)N1CCCc2ccccc21. The Balaban J connectivity index is 1.38. The Kier molecular flexibility index (Phi) is 5.67. The molecule has 0 aromatic heterocycles. The molecule has 4 rings (SSSR count). The molecular formula is C21H24FN3O3S. The second kappa shape index (κ2) is 8.22. The minimum atomic E-state index is -3.73. The molecule has 1 saturated heterocycles. The topological polar surface area (TPSA) is 60.9 Å². The van der Waals surface area contributed by atoms with Crippen molar-refractivity contribution in [2.24, 2.45) is 0 Å². The number of piperazine rings is 1. The normalized spacial score (nSPS) is 18.4. The lowest BCUT2D eigenvalue weighted by Crippen LogP contribution is -2.52. The van der Waals surface area contributed by atoms with Crippen LogP contribution in [0.4, 0.5) is 10.1 Å². The molecular weight excluding hydrogens is 393 g/mol. The van der Waals surface area contributed by atoms with Crippen LogP contribution in [-0.4, -0.2) is 62.8 Å². The number of benzene rings is 2. The largest absolute Gasteiger partial charge is 0.311 e. The second-order valence-electron chi connectivity index (χ2n) is 7.42. The van der Waals surface area contributed by atoms with E-state index < -0.39 is 15.8 Å². The van der Waals surface area contributed by atoms with Crippen LogP contribution >= 0.6 is 0 Å². The third-order valence-corrected chi connectivity index (χ3v) is 7.43. The number of aryl methyl sites for hydroxylation is 1. The molecule has 2 heterocycles. The second-order valence-corrected chi connectivity index (χ2v) is 9.35. The molecule has 29 heavy (non-hydrogen) atoms. The van der Waals surface area contributed by atoms with Crippen LogP contribution in [0.15, 0.2) is 53.4 Å². The molecule has 0 aliphatic carbocycles. The van der Waals surface area contributed by atoms with E-state index in [2.05, 4.69) is 6.07 Å². The Morgan fingerprint density at radius 3 is 2.48 bits per heavy atom. The molecule has 0 saturated carbocycles. The standard InChI is InChI=1S/C21H24FN3O3S/c22-18-7-3-8-19(15-18)29(27,28)24-13-11-23(12-14-24)16-21(26)25-10-4-6-17-5-1-2-9-20(17)25/h1-3,5,7-9,15H,4,6,10-14,16H2. The molecule has 154 valence electrons. The molecule has 1 amide bonds. The van der Waals surface area contributed by atoms with Crippen molar-refractivity contribution in [3.63, 3.8) is 0 Å². The summed E-state index contributed by atoms with van der Waals surface area (Å²) in [6.45, 7) is 2.48. The number of carbonyl (C=O) groups is 1. The number of para-hydroxylation sites is 1. The maximum atomic E-state index is 13.4. The van der Waals surface area contributed by atoms with Gasteiger partial charge in [-0.15, -0.1) is 0 Å². The zero-order valence-electron chi connectivity index (χ0n) is 16.1. The van der Waals surface area contributed by atoms with Gasteiger partial charge in [0.1, 0.15) is 5.82 Å². The first kappa shape index (κ1) is 20.0. The Morgan fingerprint density at radius 1 is 0.966 bits per heavy atom. The van der Waals surface area contributed by atoms with Gasteiger partial charge in [-0.3, -0.25) is 9.69 Å². The summed E-state index contributed by atoms with van der Waals surface area (Å²) in [6.07, 6.45) is 1.93. The minimum absolute atomic E-state index is 0.0352. The quantitative estimate of drug-likeness (QED) is 0.765. The summed E-state index contributed by atoms with van der Waals surface area (Å²) in [7, 11) is -3.73. The van der Waals surface area contributed by atoms with Gasteiger partial charge in [-0.05, 0) is 42.7 Å². The smallest absolute Gasteiger partial charge is 0.243 e. The Hall–Kier alpha value is -2.29. The van der Waals surface area contributed by atoms with Crippen LogP contribution in [0.5, 0.6) is 0 Å². The molecule has 0 atom stereocenters. The van der Waals surface area contributed by atoms with Crippen LogP contribution < -0.4 is 4.90 Å². The molecule has 0 bridgehead atoms. The molecule has 2 aliphatic rings. The lowest BCUT2D eigenvalue weighted by atomic mass is 10.0. The maximum absolute atomic E-state index is 13.4. The van der Waals surface area contributed by atoms with Gasteiger partial charge >= 0.3 is 0 Å².